The molecule has 290 valence electrons. The quantitative estimate of drug-likeness (QED) is 0.145. The van der Waals surface area contributed by atoms with Crippen LogP contribution < -0.4 is 4.90 Å². The van der Waals surface area contributed by atoms with Gasteiger partial charge in [-0.25, -0.2) is 0 Å². The lowest BCUT2D eigenvalue weighted by atomic mass is 9.93. The van der Waals surface area contributed by atoms with Crippen LogP contribution in [-0.2, 0) is 0 Å². The van der Waals surface area contributed by atoms with Crippen LogP contribution in [0, 0.1) is 0 Å². The zero-order valence-corrected chi connectivity index (χ0v) is 34.7. The summed E-state index contributed by atoms with van der Waals surface area (Å²) in [6.45, 7) is 0. The molecule has 0 radical (unpaired) electrons. The van der Waals surface area contributed by atoms with Crippen molar-refractivity contribution in [3.8, 4) is 44.5 Å². The van der Waals surface area contributed by atoms with Crippen molar-refractivity contribution in [1.82, 2.24) is 0 Å². The van der Waals surface area contributed by atoms with Crippen LogP contribution in [0.3, 0.4) is 0 Å². The number of para-hydroxylation sites is 1. The van der Waals surface area contributed by atoms with Gasteiger partial charge in [-0.15, -0.1) is 11.3 Å². The first kappa shape index (κ1) is 36.1. The Bertz CT molecular complexity index is 3630. The Morgan fingerprint density at radius 3 is 1.61 bits per heavy atom. The van der Waals surface area contributed by atoms with E-state index in [0.29, 0.717) is 0 Å². The Hall–Kier alpha value is -7.78. The van der Waals surface area contributed by atoms with E-state index in [4.69, 9.17) is 0 Å². The Kier molecular flexibility index (Phi) is 8.76. The number of rotatable bonds is 7. The van der Waals surface area contributed by atoms with Crippen LogP contribution >= 0.6 is 11.3 Å². The highest BCUT2D eigenvalue weighted by Gasteiger charge is 2.19. The van der Waals surface area contributed by atoms with Crippen molar-refractivity contribution in [3.63, 3.8) is 0 Å². The molecule has 1 aromatic heterocycles. The van der Waals surface area contributed by atoms with E-state index in [-0.39, 0.29) is 0 Å². The van der Waals surface area contributed by atoms with Gasteiger partial charge in [-0.1, -0.05) is 176 Å². The summed E-state index contributed by atoms with van der Waals surface area (Å²) in [7, 11) is 0. The Balaban J connectivity index is 0.991. The first-order valence-corrected chi connectivity index (χ1v) is 22.1. The van der Waals surface area contributed by atoms with Gasteiger partial charge in [0.15, 0.2) is 0 Å². The summed E-state index contributed by atoms with van der Waals surface area (Å²) >= 11 is 1.86. The molecule has 0 N–H and O–H groups in total. The van der Waals surface area contributed by atoms with Gasteiger partial charge < -0.3 is 4.90 Å². The van der Waals surface area contributed by atoms with Gasteiger partial charge >= 0.3 is 0 Å². The summed E-state index contributed by atoms with van der Waals surface area (Å²) in [5.41, 5.74) is 12.9. The van der Waals surface area contributed by atoms with Crippen LogP contribution in [0.5, 0.6) is 0 Å². The summed E-state index contributed by atoms with van der Waals surface area (Å²) in [5, 5.41) is 10.2. The zero-order valence-electron chi connectivity index (χ0n) is 33.9. The molecule has 0 saturated carbocycles. The molecule has 11 aromatic carbocycles. The molecule has 0 aliphatic carbocycles. The third-order valence-corrected chi connectivity index (χ3v) is 13.6. The van der Waals surface area contributed by atoms with Crippen molar-refractivity contribution in [2.75, 3.05) is 4.90 Å². The lowest BCUT2D eigenvalue weighted by Gasteiger charge is -2.28. The zero-order chi connectivity index (χ0) is 41.0. The van der Waals surface area contributed by atoms with E-state index in [1.807, 2.05) is 11.3 Å². The van der Waals surface area contributed by atoms with Gasteiger partial charge in [0.1, 0.15) is 0 Å². The molecule has 0 atom stereocenters. The average Bonchev–Trinajstić information content (AvgIpc) is 3.72. The van der Waals surface area contributed by atoms with E-state index in [0.717, 1.165) is 22.6 Å². The molecule has 0 fully saturated rings. The lowest BCUT2D eigenvalue weighted by Crippen LogP contribution is -2.11. The normalized spacial score (nSPS) is 11.5. The number of hydrogen-bond donors (Lipinski definition) is 0. The molecule has 0 spiro atoms. The molecule has 0 aliphatic rings. The molecule has 0 saturated heterocycles. The second kappa shape index (κ2) is 15.0. The molecule has 1 nitrogen and oxygen atoms in total. The van der Waals surface area contributed by atoms with Crippen LogP contribution in [0.25, 0.3) is 97.0 Å². The smallest absolute Gasteiger partial charge is 0.0540 e. The van der Waals surface area contributed by atoms with Crippen LogP contribution in [0.4, 0.5) is 17.1 Å². The standard InChI is InChI=1S/C60H39NS/c1-3-18-49-41(13-1)15-12-24-50(49)44-16-11-17-45(37-44)52-20-7-9-25-58(52)61(47-32-27-40(28-33-47)43-31-36-60-57(38-43)55-23-8-10-26-59(55)62-60)48-34-29-42(30-35-48)56-39-46-14-2-4-19-51(46)53-21-5-6-22-54(53)56/h1-39H. The van der Waals surface area contributed by atoms with Gasteiger partial charge in [0.05, 0.1) is 5.69 Å². The van der Waals surface area contributed by atoms with Crippen molar-refractivity contribution in [1.29, 1.82) is 0 Å². The predicted octanol–water partition coefficient (Wildman–Crippen LogP) is 17.7. The fourth-order valence-electron chi connectivity index (χ4n) is 9.46. The Morgan fingerprint density at radius 1 is 0.258 bits per heavy atom. The second-order valence-electron chi connectivity index (χ2n) is 16.1. The lowest BCUT2D eigenvalue weighted by molar-refractivity contribution is 1.28. The SMILES string of the molecule is c1cc(-c2ccccc2N(c2ccc(-c3ccc4sc5ccccc5c4c3)cc2)c2ccc(-c3cc4ccccc4c4ccccc34)cc2)cc(-c2cccc3ccccc23)c1. The predicted molar refractivity (Wildman–Crippen MR) is 268 cm³/mol. The van der Waals surface area contributed by atoms with Gasteiger partial charge in [0, 0.05) is 37.1 Å². The van der Waals surface area contributed by atoms with Crippen LogP contribution in [0.1, 0.15) is 0 Å². The third-order valence-electron chi connectivity index (χ3n) is 12.5. The fourth-order valence-corrected chi connectivity index (χ4v) is 10.5. The second-order valence-corrected chi connectivity index (χ2v) is 17.1. The summed E-state index contributed by atoms with van der Waals surface area (Å²) < 4.78 is 2.64. The summed E-state index contributed by atoms with van der Waals surface area (Å²) in [6, 6.07) is 86.8. The van der Waals surface area contributed by atoms with Crippen LogP contribution in [-0.4, -0.2) is 0 Å². The van der Waals surface area contributed by atoms with Gasteiger partial charge in [0.2, 0.25) is 0 Å². The van der Waals surface area contributed by atoms with Crippen LogP contribution in [0.15, 0.2) is 237 Å². The van der Waals surface area contributed by atoms with E-state index >= 15 is 0 Å². The molecule has 0 unspecified atom stereocenters. The molecule has 62 heavy (non-hydrogen) atoms. The van der Waals surface area contributed by atoms with Crippen molar-refractivity contribution in [2.45, 2.75) is 0 Å². The molecule has 1 heterocycles. The highest BCUT2D eigenvalue weighted by Crippen LogP contribution is 2.44. The molecule has 0 aliphatic heterocycles. The number of nitrogens with zero attached hydrogens (tertiary/aromatic N) is 1. The number of anilines is 3. The molecule has 2 heteroatoms. The maximum atomic E-state index is 2.42. The number of hydrogen-bond acceptors (Lipinski definition) is 2. The average molecular weight is 806 g/mol. The minimum Gasteiger partial charge on any atom is -0.310 e. The maximum Gasteiger partial charge on any atom is 0.0540 e. The van der Waals surface area contributed by atoms with E-state index in [1.165, 1.54) is 91.4 Å². The molecule has 0 amide bonds. The van der Waals surface area contributed by atoms with E-state index in [1.54, 1.807) is 0 Å². The maximum absolute atomic E-state index is 2.42. The third kappa shape index (κ3) is 6.24. The minimum absolute atomic E-state index is 1.09. The topological polar surface area (TPSA) is 3.24 Å². The first-order valence-electron chi connectivity index (χ1n) is 21.2. The summed E-state index contributed by atoms with van der Waals surface area (Å²) in [6.07, 6.45) is 0. The van der Waals surface area contributed by atoms with Crippen LogP contribution in [0.2, 0.25) is 0 Å². The van der Waals surface area contributed by atoms with Crippen molar-refractivity contribution >= 4 is 80.9 Å². The fraction of sp³-hybridized carbons (Fsp3) is 0. The summed E-state index contributed by atoms with van der Waals surface area (Å²) in [4.78, 5) is 2.42. The molecular weight excluding hydrogens is 767 g/mol. The van der Waals surface area contributed by atoms with Gasteiger partial charge in [0.25, 0.3) is 0 Å². The van der Waals surface area contributed by atoms with Crippen molar-refractivity contribution in [2.24, 2.45) is 0 Å². The molecule has 12 aromatic rings. The van der Waals surface area contributed by atoms with E-state index in [2.05, 4.69) is 241 Å². The highest BCUT2D eigenvalue weighted by atomic mass is 32.1. The first-order chi connectivity index (χ1) is 30.7. The Morgan fingerprint density at radius 2 is 0.806 bits per heavy atom. The molecule has 12 rings (SSSR count). The number of thiophene rings is 1. The monoisotopic (exact) mass is 805 g/mol. The van der Waals surface area contributed by atoms with Gasteiger partial charge in [-0.3, -0.25) is 0 Å². The number of fused-ring (bicyclic) bond motifs is 7. The summed E-state index contributed by atoms with van der Waals surface area (Å²) in [5.74, 6) is 0. The largest absolute Gasteiger partial charge is 0.310 e. The molecular formula is C60H39NS. The van der Waals surface area contributed by atoms with E-state index in [9.17, 15) is 0 Å². The number of benzene rings is 11. The van der Waals surface area contributed by atoms with Crippen molar-refractivity contribution < 1.29 is 0 Å². The van der Waals surface area contributed by atoms with Gasteiger partial charge in [-0.2, -0.15) is 0 Å². The minimum atomic E-state index is 1.09. The van der Waals surface area contributed by atoms with Gasteiger partial charge in [-0.05, 0) is 132 Å². The van der Waals surface area contributed by atoms with Crippen molar-refractivity contribution in [3.05, 3.63) is 237 Å². The Labute approximate surface area is 365 Å². The highest BCUT2D eigenvalue weighted by molar-refractivity contribution is 7.25. The molecule has 0 bridgehead atoms. The van der Waals surface area contributed by atoms with E-state index < -0.39 is 0 Å².